The van der Waals surface area contributed by atoms with Crippen molar-refractivity contribution in [3.63, 3.8) is 0 Å². The van der Waals surface area contributed by atoms with Crippen molar-refractivity contribution in [3.05, 3.63) is 101 Å². The number of hydrogen-bond donors (Lipinski definition) is 1. The second-order valence-electron chi connectivity index (χ2n) is 8.56. The Morgan fingerprint density at radius 1 is 0.778 bits per heavy atom. The van der Waals surface area contributed by atoms with Gasteiger partial charge in [-0.3, -0.25) is 14.6 Å². The summed E-state index contributed by atoms with van der Waals surface area (Å²) in [5.41, 5.74) is 3.10. The zero-order valence-corrected chi connectivity index (χ0v) is 21.1. The average molecular weight is 517 g/mol. The van der Waals surface area contributed by atoms with Crippen molar-refractivity contribution in [2.24, 2.45) is 0 Å². The first-order valence-corrected chi connectivity index (χ1v) is 13.0. The Morgan fingerprint density at radius 2 is 1.39 bits per heavy atom. The minimum absolute atomic E-state index is 0.0201. The van der Waals surface area contributed by atoms with Crippen LogP contribution in [0.25, 0.3) is 10.9 Å². The molecule has 1 aliphatic rings. The van der Waals surface area contributed by atoms with E-state index in [0.717, 1.165) is 27.9 Å². The van der Waals surface area contributed by atoms with Crippen molar-refractivity contribution < 1.29 is 9.59 Å². The minimum atomic E-state index is -0.0321. The second kappa shape index (κ2) is 11.0. The molecule has 2 heterocycles. The minimum Gasteiger partial charge on any atom is -0.337 e. The van der Waals surface area contributed by atoms with E-state index in [1.165, 1.54) is 11.9 Å². The first-order chi connectivity index (χ1) is 17.6. The van der Waals surface area contributed by atoms with Gasteiger partial charge in [0.1, 0.15) is 0 Å². The number of aromatic nitrogens is 1. The number of anilines is 1. The van der Waals surface area contributed by atoms with Gasteiger partial charge in [-0.1, -0.05) is 29.8 Å². The number of pyridine rings is 1. The third-order valence-electron chi connectivity index (χ3n) is 6.17. The summed E-state index contributed by atoms with van der Waals surface area (Å²) in [6.07, 6.45) is 2.53. The molecular formula is C28H25ClN4O2S. The number of nitrogens with zero attached hydrogens (tertiary/aromatic N) is 3. The first kappa shape index (κ1) is 24.2. The van der Waals surface area contributed by atoms with Gasteiger partial charge >= 0.3 is 0 Å². The zero-order valence-electron chi connectivity index (χ0n) is 19.6. The van der Waals surface area contributed by atoms with Crippen LogP contribution in [0.4, 0.5) is 5.69 Å². The number of nitrogens with one attached hydrogen (secondary N) is 1. The van der Waals surface area contributed by atoms with Crippen LogP contribution in [0.5, 0.6) is 0 Å². The lowest BCUT2D eigenvalue weighted by atomic mass is 10.2. The Morgan fingerprint density at radius 3 is 2.06 bits per heavy atom. The topological polar surface area (TPSA) is 65.5 Å². The van der Waals surface area contributed by atoms with Gasteiger partial charge in [-0.15, -0.1) is 0 Å². The van der Waals surface area contributed by atoms with E-state index in [9.17, 15) is 9.59 Å². The van der Waals surface area contributed by atoms with Crippen LogP contribution >= 0.6 is 23.5 Å². The third-order valence-corrected chi connectivity index (χ3v) is 7.31. The molecule has 5 rings (SSSR count). The van der Waals surface area contributed by atoms with Gasteiger partial charge in [-0.2, -0.15) is 0 Å². The van der Waals surface area contributed by atoms with E-state index in [1.54, 1.807) is 30.5 Å². The van der Waals surface area contributed by atoms with Crippen LogP contribution in [0.15, 0.2) is 90.0 Å². The summed E-state index contributed by atoms with van der Waals surface area (Å²) in [4.78, 5) is 35.2. The third kappa shape index (κ3) is 5.48. The van der Waals surface area contributed by atoms with Crippen molar-refractivity contribution in [1.82, 2.24) is 14.8 Å². The molecule has 0 spiro atoms. The fourth-order valence-corrected chi connectivity index (χ4v) is 5.14. The van der Waals surface area contributed by atoms with Crippen LogP contribution < -0.4 is 4.72 Å². The van der Waals surface area contributed by atoms with Gasteiger partial charge in [-0.05, 0) is 79.0 Å². The molecule has 0 radical (unpaired) electrons. The summed E-state index contributed by atoms with van der Waals surface area (Å²) in [7, 11) is 0. The molecule has 0 atom stereocenters. The molecule has 0 bridgehead atoms. The van der Waals surface area contributed by atoms with Gasteiger partial charge in [0.25, 0.3) is 11.8 Å². The molecule has 1 fully saturated rings. The standard InChI is InChI=1S/C28H25ClN4O2S/c29-23-11-7-21(8-12-23)27(34)32-16-3-17-33(19-18-32)28(35)22-9-13-24(14-10-22)31-36-25-6-1-4-20-5-2-15-30-26(20)25/h1-2,4-15,31H,3,16-19H2. The molecule has 4 aromatic rings. The smallest absolute Gasteiger partial charge is 0.253 e. The predicted octanol–water partition coefficient (Wildman–Crippen LogP) is 6.00. The first-order valence-electron chi connectivity index (χ1n) is 11.8. The molecule has 6 nitrogen and oxygen atoms in total. The normalized spacial score (nSPS) is 13.9. The summed E-state index contributed by atoms with van der Waals surface area (Å²) in [5, 5.41) is 1.70. The Hall–Kier alpha value is -3.55. The predicted molar refractivity (Wildman–Crippen MR) is 146 cm³/mol. The Bertz CT molecular complexity index is 1370. The molecule has 0 aliphatic carbocycles. The molecule has 182 valence electrons. The summed E-state index contributed by atoms with van der Waals surface area (Å²) in [6, 6.07) is 24.5. The second-order valence-corrected chi connectivity index (χ2v) is 9.84. The highest BCUT2D eigenvalue weighted by Crippen LogP contribution is 2.27. The van der Waals surface area contributed by atoms with Crippen molar-refractivity contribution in [2.75, 3.05) is 30.9 Å². The molecule has 1 aromatic heterocycles. The molecule has 0 saturated carbocycles. The molecule has 8 heteroatoms. The van der Waals surface area contributed by atoms with Crippen LogP contribution in [0.3, 0.4) is 0 Å². The van der Waals surface area contributed by atoms with Gasteiger partial charge in [-0.25, -0.2) is 0 Å². The van der Waals surface area contributed by atoms with E-state index in [2.05, 4.69) is 9.71 Å². The highest BCUT2D eigenvalue weighted by atomic mass is 35.5. The van der Waals surface area contributed by atoms with Gasteiger partial charge in [0.05, 0.1) is 10.4 Å². The van der Waals surface area contributed by atoms with Crippen LogP contribution in [0, 0.1) is 0 Å². The molecule has 1 aliphatic heterocycles. The van der Waals surface area contributed by atoms with Crippen molar-refractivity contribution in [1.29, 1.82) is 0 Å². The summed E-state index contributed by atoms with van der Waals surface area (Å²) >= 11 is 7.44. The van der Waals surface area contributed by atoms with E-state index in [-0.39, 0.29) is 11.8 Å². The lowest BCUT2D eigenvalue weighted by Crippen LogP contribution is -2.37. The van der Waals surface area contributed by atoms with Crippen LogP contribution in [-0.4, -0.2) is 52.8 Å². The van der Waals surface area contributed by atoms with E-state index < -0.39 is 0 Å². The molecule has 0 unspecified atom stereocenters. The quantitative estimate of drug-likeness (QED) is 0.330. The molecule has 1 N–H and O–H groups in total. The largest absolute Gasteiger partial charge is 0.337 e. The van der Waals surface area contributed by atoms with Crippen molar-refractivity contribution >= 4 is 52.0 Å². The number of para-hydroxylation sites is 1. The van der Waals surface area contributed by atoms with E-state index in [0.29, 0.717) is 42.3 Å². The number of amides is 2. The molecular weight excluding hydrogens is 492 g/mol. The lowest BCUT2D eigenvalue weighted by Gasteiger charge is -2.22. The maximum atomic E-state index is 13.1. The summed E-state index contributed by atoms with van der Waals surface area (Å²) < 4.78 is 3.35. The maximum absolute atomic E-state index is 13.1. The van der Waals surface area contributed by atoms with Gasteiger partial charge in [0.2, 0.25) is 0 Å². The van der Waals surface area contributed by atoms with Gasteiger partial charge < -0.3 is 14.5 Å². The lowest BCUT2D eigenvalue weighted by molar-refractivity contribution is 0.0719. The maximum Gasteiger partial charge on any atom is 0.253 e. The number of carbonyl (C=O) groups excluding carboxylic acids is 2. The van der Waals surface area contributed by atoms with Crippen LogP contribution in [-0.2, 0) is 0 Å². The number of halogens is 1. The molecule has 36 heavy (non-hydrogen) atoms. The summed E-state index contributed by atoms with van der Waals surface area (Å²) in [6.45, 7) is 2.24. The number of hydrogen-bond acceptors (Lipinski definition) is 5. The van der Waals surface area contributed by atoms with E-state index in [4.69, 9.17) is 11.6 Å². The monoisotopic (exact) mass is 516 g/mol. The number of carbonyl (C=O) groups is 2. The van der Waals surface area contributed by atoms with E-state index in [1.807, 2.05) is 64.4 Å². The van der Waals surface area contributed by atoms with Crippen LogP contribution in [0.1, 0.15) is 27.1 Å². The van der Waals surface area contributed by atoms with Gasteiger partial charge in [0.15, 0.2) is 0 Å². The van der Waals surface area contributed by atoms with Crippen LogP contribution in [0.2, 0.25) is 5.02 Å². The van der Waals surface area contributed by atoms with Crippen molar-refractivity contribution in [2.45, 2.75) is 11.3 Å². The number of rotatable bonds is 5. The number of benzene rings is 3. The van der Waals surface area contributed by atoms with Gasteiger partial charge in [0, 0.05) is 59.6 Å². The molecule has 2 amide bonds. The molecule has 1 saturated heterocycles. The fraction of sp³-hybridized carbons (Fsp3) is 0.179. The Balaban J connectivity index is 1.19. The van der Waals surface area contributed by atoms with Crippen molar-refractivity contribution in [3.8, 4) is 0 Å². The SMILES string of the molecule is O=C(c1ccc(Cl)cc1)N1CCCN(C(=O)c2ccc(NSc3cccc4cccnc34)cc2)CC1. The Labute approximate surface area is 219 Å². The highest BCUT2D eigenvalue weighted by Gasteiger charge is 2.23. The number of fused-ring (bicyclic) bond motifs is 1. The molecule has 3 aromatic carbocycles. The zero-order chi connectivity index (χ0) is 24.9. The Kier molecular flexibility index (Phi) is 7.39. The van der Waals surface area contributed by atoms with E-state index >= 15 is 0 Å². The fourth-order valence-electron chi connectivity index (χ4n) is 4.23. The summed E-state index contributed by atoms with van der Waals surface area (Å²) in [5.74, 6) is -0.0523. The highest BCUT2D eigenvalue weighted by molar-refractivity contribution is 8.00. The average Bonchev–Trinajstić information content (AvgIpc) is 3.18.